The topological polar surface area (TPSA) is 156 Å². The van der Waals surface area contributed by atoms with Crippen LogP contribution in [-0.4, -0.2) is 67.3 Å². The molecule has 0 aromatic carbocycles. The molecule has 0 radical (unpaired) electrons. The molecule has 0 atom stereocenters. The summed E-state index contributed by atoms with van der Waals surface area (Å²) < 4.78 is 26.3. The lowest BCUT2D eigenvalue weighted by Gasteiger charge is -2.30. The maximum Gasteiger partial charge on any atom is 0.407 e. The van der Waals surface area contributed by atoms with E-state index in [2.05, 4.69) is 10.6 Å². The van der Waals surface area contributed by atoms with Crippen molar-refractivity contribution in [2.24, 2.45) is 23.7 Å². The number of carbonyl (C=O) groups excluding carboxylic acids is 5. The van der Waals surface area contributed by atoms with E-state index < -0.39 is 59.4 Å². The number of rotatable bonds is 10. The summed E-state index contributed by atoms with van der Waals surface area (Å²) in [5.74, 6) is -2.68. The van der Waals surface area contributed by atoms with Gasteiger partial charge in [-0.1, -0.05) is 0 Å². The second kappa shape index (κ2) is 16.0. The van der Waals surface area contributed by atoms with Crippen LogP contribution in [0.2, 0.25) is 0 Å². The molecule has 12 heteroatoms. The largest absolute Gasteiger partial charge is 0.460 e. The van der Waals surface area contributed by atoms with Crippen LogP contribution in [0.15, 0.2) is 0 Å². The van der Waals surface area contributed by atoms with Crippen LogP contribution >= 0.6 is 0 Å². The number of ether oxygens (including phenoxy) is 5. The van der Waals surface area contributed by atoms with Gasteiger partial charge in [0.25, 0.3) is 0 Å². The Morgan fingerprint density at radius 1 is 0.643 bits per heavy atom. The van der Waals surface area contributed by atoms with Crippen molar-refractivity contribution in [3.63, 3.8) is 0 Å². The first-order valence-electron chi connectivity index (χ1n) is 15.1. The van der Waals surface area contributed by atoms with E-state index in [0.29, 0.717) is 64.5 Å². The molecular formula is C30H50N2O10. The lowest BCUT2D eigenvalue weighted by atomic mass is 9.82. The smallest absolute Gasteiger partial charge is 0.407 e. The van der Waals surface area contributed by atoms with Gasteiger partial charge in [-0.05, 0) is 112 Å². The van der Waals surface area contributed by atoms with Gasteiger partial charge in [-0.3, -0.25) is 9.59 Å². The quantitative estimate of drug-likeness (QED) is 0.207. The van der Waals surface area contributed by atoms with Gasteiger partial charge in [-0.2, -0.15) is 0 Å². The Hall–Kier alpha value is -3.05. The highest BCUT2D eigenvalue weighted by atomic mass is 16.7. The Bertz CT molecular complexity index is 857. The molecule has 240 valence electrons. The van der Waals surface area contributed by atoms with Crippen LogP contribution in [0.25, 0.3) is 0 Å². The lowest BCUT2D eigenvalue weighted by Crippen LogP contribution is -2.40. The zero-order valence-electron chi connectivity index (χ0n) is 26.2. The third-order valence-corrected chi connectivity index (χ3v) is 7.15. The Labute approximate surface area is 249 Å². The standard InChI is InChI=1S/C30H50N2O10/c1-8-38-25(35)26(39-23(33)21-13-9-19(10-14-21)17-31-27(36)41-29(2,3)4)40-24(34)22-15-11-20(12-16-22)18-32-28(37)42-30(5,6)7/h19-22,26H,8-18H2,1-7H3,(H,31,36)(H,32,37). The fraction of sp³-hybridized carbons (Fsp3) is 0.833. The highest BCUT2D eigenvalue weighted by Gasteiger charge is 2.36. The Morgan fingerprint density at radius 2 is 1.00 bits per heavy atom. The minimum Gasteiger partial charge on any atom is -0.460 e. The van der Waals surface area contributed by atoms with E-state index in [1.165, 1.54) is 0 Å². The summed E-state index contributed by atoms with van der Waals surface area (Å²) in [6.45, 7) is 13.3. The first kappa shape index (κ1) is 35.1. The van der Waals surface area contributed by atoms with Gasteiger partial charge >= 0.3 is 36.4 Å². The van der Waals surface area contributed by atoms with Gasteiger partial charge in [0.1, 0.15) is 11.2 Å². The van der Waals surface area contributed by atoms with Crippen LogP contribution in [0.4, 0.5) is 9.59 Å². The van der Waals surface area contributed by atoms with Crippen molar-refractivity contribution in [2.45, 2.75) is 117 Å². The molecule has 0 saturated heterocycles. The van der Waals surface area contributed by atoms with E-state index >= 15 is 0 Å². The van der Waals surface area contributed by atoms with E-state index in [1.54, 1.807) is 48.5 Å². The van der Waals surface area contributed by atoms with Gasteiger partial charge in [0.2, 0.25) is 0 Å². The first-order chi connectivity index (χ1) is 19.6. The molecule has 0 aliphatic heterocycles. The summed E-state index contributed by atoms with van der Waals surface area (Å²) in [7, 11) is 0. The van der Waals surface area contributed by atoms with Gasteiger partial charge in [0.15, 0.2) is 0 Å². The van der Waals surface area contributed by atoms with Crippen LogP contribution in [0.3, 0.4) is 0 Å². The number of carbonyl (C=O) groups is 5. The van der Waals surface area contributed by atoms with Crippen molar-refractivity contribution < 1.29 is 47.7 Å². The van der Waals surface area contributed by atoms with Crippen molar-refractivity contribution in [2.75, 3.05) is 19.7 Å². The van der Waals surface area contributed by atoms with Gasteiger partial charge in [-0.25, -0.2) is 14.4 Å². The third kappa shape index (κ3) is 13.3. The highest BCUT2D eigenvalue weighted by Crippen LogP contribution is 2.31. The minimum absolute atomic E-state index is 0.0376. The molecule has 12 nitrogen and oxygen atoms in total. The molecule has 2 amide bonds. The van der Waals surface area contributed by atoms with E-state index in [1.807, 2.05) is 0 Å². The fourth-order valence-electron chi connectivity index (χ4n) is 5.02. The van der Waals surface area contributed by atoms with Crippen molar-refractivity contribution >= 4 is 30.1 Å². The van der Waals surface area contributed by atoms with Gasteiger partial charge in [0.05, 0.1) is 18.4 Å². The Morgan fingerprint density at radius 3 is 1.31 bits per heavy atom. The Balaban J connectivity index is 1.80. The monoisotopic (exact) mass is 598 g/mol. The van der Waals surface area contributed by atoms with Gasteiger partial charge < -0.3 is 34.3 Å². The Kier molecular flexibility index (Phi) is 13.4. The van der Waals surface area contributed by atoms with Crippen molar-refractivity contribution in [3.8, 4) is 0 Å². The summed E-state index contributed by atoms with van der Waals surface area (Å²) in [6, 6.07) is 0. The zero-order valence-corrected chi connectivity index (χ0v) is 26.2. The number of nitrogens with one attached hydrogen (secondary N) is 2. The second-order valence-corrected chi connectivity index (χ2v) is 13.2. The molecule has 42 heavy (non-hydrogen) atoms. The van der Waals surface area contributed by atoms with E-state index in [9.17, 15) is 24.0 Å². The molecule has 0 spiro atoms. The third-order valence-electron chi connectivity index (χ3n) is 7.15. The zero-order chi connectivity index (χ0) is 31.5. The molecule has 0 aromatic heterocycles. The molecule has 2 rings (SSSR count). The average molecular weight is 599 g/mol. The average Bonchev–Trinajstić information content (AvgIpc) is 2.89. The maximum absolute atomic E-state index is 12.9. The molecule has 0 unspecified atom stereocenters. The maximum atomic E-state index is 12.9. The van der Waals surface area contributed by atoms with Crippen LogP contribution in [0.5, 0.6) is 0 Å². The summed E-state index contributed by atoms with van der Waals surface area (Å²) in [5, 5.41) is 5.54. The molecule has 2 aliphatic carbocycles. The van der Waals surface area contributed by atoms with Crippen LogP contribution < -0.4 is 10.6 Å². The molecule has 0 heterocycles. The number of amides is 2. The summed E-state index contributed by atoms with van der Waals surface area (Å²) in [6.07, 6.45) is 2.10. The number of hydrogen-bond acceptors (Lipinski definition) is 10. The van der Waals surface area contributed by atoms with E-state index in [4.69, 9.17) is 23.7 Å². The van der Waals surface area contributed by atoms with Crippen molar-refractivity contribution in [1.82, 2.24) is 10.6 Å². The fourth-order valence-corrected chi connectivity index (χ4v) is 5.02. The predicted molar refractivity (Wildman–Crippen MR) is 152 cm³/mol. The van der Waals surface area contributed by atoms with E-state index in [-0.39, 0.29) is 18.4 Å². The molecule has 2 N–H and O–H groups in total. The molecule has 0 bridgehead atoms. The minimum atomic E-state index is -1.76. The highest BCUT2D eigenvalue weighted by molar-refractivity contribution is 5.82. The first-order valence-corrected chi connectivity index (χ1v) is 15.1. The molecule has 0 aromatic rings. The normalized spacial score (nSPS) is 23.5. The lowest BCUT2D eigenvalue weighted by molar-refractivity contribution is -0.209. The number of esters is 3. The van der Waals surface area contributed by atoms with Crippen LogP contribution in [-0.2, 0) is 38.1 Å². The van der Waals surface area contributed by atoms with Gasteiger partial charge in [0, 0.05) is 13.1 Å². The van der Waals surface area contributed by atoms with Crippen molar-refractivity contribution in [1.29, 1.82) is 0 Å². The molecule has 2 fully saturated rings. The SMILES string of the molecule is CCOC(=O)C(OC(=O)C1CCC(CNC(=O)OC(C)(C)C)CC1)OC(=O)C1CCC(CNC(=O)OC(C)(C)C)CC1. The molecule has 2 saturated carbocycles. The van der Waals surface area contributed by atoms with Crippen LogP contribution in [0, 0.1) is 23.7 Å². The predicted octanol–water partition coefficient (Wildman–Crippen LogP) is 4.62. The van der Waals surface area contributed by atoms with E-state index in [0.717, 1.165) is 0 Å². The number of hydrogen-bond donors (Lipinski definition) is 2. The summed E-state index contributed by atoms with van der Waals surface area (Å²) >= 11 is 0. The molecule has 2 aliphatic rings. The second-order valence-electron chi connectivity index (χ2n) is 13.2. The van der Waals surface area contributed by atoms with Gasteiger partial charge in [-0.15, -0.1) is 0 Å². The summed E-state index contributed by atoms with van der Waals surface area (Å²) in [5.41, 5.74) is -1.16. The molecular weight excluding hydrogens is 548 g/mol. The van der Waals surface area contributed by atoms with Crippen LogP contribution in [0.1, 0.15) is 99.8 Å². The number of alkyl carbamates (subject to hydrolysis) is 2. The summed E-state index contributed by atoms with van der Waals surface area (Å²) in [4.78, 5) is 62.1. The van der Waals surface area contributed by atoms with Crippen molar-refractivity contribution in [3.05, 3.63) is 0 Å².